The third-order valence-corrected chi connectivity index (χ3v) is 4.45. The van der Waals surface area contributed by atoms with Crippen LogP contribution in [0.5, 0.6) is 0 Å². The molecule has 1 amide bonds. The zero-order valence-corrected chi connectivity index (χ0v) is 14.9. The summed E-state index contributed by atoms with van der Waals surface area (Å²) >= 11 is 0. The molecule has 3 rings (SSSR count). The Morgan fingerprint density at radius 2 is 1.68 bits per heavy atom. The number of rotatable bonds is 2. The molecule has 1 heterocycles. The summed E-state index contributed by atoms with van der Waals surface area (Å²) in [5.41, 5.74) is 11.4. The van der Waals surface area contributed by atoms with Gasteiger partial charge in [-0.1, -0.05) is 56.3 Å². The molecule has 0 aromatic heterocycles. The van der Waals surface area contributed by atoms with Crippen molar-refractivity contribution in [1.29, 1.82) is 0 Å². The number of benzene rings is 2. The molecule has 1 aliphatic heterocycles. The van der Waals surface area contributed by atoms with Gasteiger partial charge in [-0.2, -0.15) is 0 Å². The number of hydrazine groups is 1. The maximum absolute atomic E-state index is 12.9. The number of carbonyl (C=O) groups excluding carboxylic acids is 1. The van der Waals surface area contributed by atoms with Gasteiger partial charge in [0.1, 0.15) is 0 Å². The minimum atomic E-state index is -0.111. The molecule has 5 heteroatoms. The molecule has 0 unspecified atom stereocenters. The van der Waals surface area contributed by atoms with E-state index in [1.807, 2.05) is 67.3 Å². The normalized spacial score (nSPS) is 16.8. The lowest BCUT2D eigenvalue weighted by atomic mass is 9.95. The fourth-order valence-corrected chi connectivity index (χ4v) is 3.25. The number of hydrogen-bond donors (Lipinski definition) is 2. The molecule has 0 aliphatic carbocycles. The Labute approximate surface area is 148 Å². The summed E-state index contributed by atoms with van der Waals surface area (Å²) in [6.07, 6.45) is 0. The van der Waals surface area contributed by atoms with E-state index in [1.54, 1.807) is 7.05 Å². The van der Waals surface area contributed by atoms with Crippen LogP contribution in [0, 0.1) is 5.92 Å². The Morgan fingerprint density at radius 1 is 1.08 bits per heavy atom. The first-order valence-corrected chi connectivity index (χ1v) is 8.39. The largest absolute Gasteiger partial charge is 0.396 e. The van der Waals surface area contributed by atoms with Crippen molar-refractivity contribution in [1.82, 2.24) is 5.01 Å². The first kappa shape index (κ1) is 17.0. The van der Waals surface area contributed by atoms with Crippen LogP contribution in [0.4, 0.5) is 5.69 Å². The van der Waals surface area contributed by atoms with Crippen molar-refractivity contribution in [2.75, 3.05) is 11.9 Å². The second kappa shape index (κ2) is 6.61. The first-order valence-electron chi connectivity index (χ1n) is 8.39. The smallest absolute Gasteiger partial charge is 0.229 e. The number of amides is 1. The minimum Gasteiger partial charge on any atom is -0.396 e. The van der Waals surface area contributed by atoms with Gasteiger partial charge in [-0.15, -0.1) is 0 Å². The molecule has 1 aliphatic rings. The average molecular weight is 336 g/mol. The predicted molar refractivity (Wildman–Crippen MR) is 102 cm³/mol. The van der Waals surface area contributed by atoms with Crippen molar-refractivity contribution >= 4 is 23.0 Å². The summed E-state index contributed by atoms with van der Waals surface area (Å²) in [5.74, 6) is 6.08. The summed E-state index contributed by atoms with van der Waals surface area (Å²) in [6.45, 7) is 4.30. The van der Waals surface area contributed by atoms with Crippen LogP contribution in [0.1, 0.15) is 30.5 Å². The van der Waals surface area contributed by atoms with Gasteiger partial charge in [-0.05, 0) is 11.6 Å². The maximum atomic E-state index is 12.9. The summed E-state index contributed by atoms with van der Waals surface area (Å²) in [6, 6.07) is 15.6. The number of para-hydroxylation sites is 1. The summed E-state index contributed by atoms with van der Waals surface area (Å²) in [5, 5.41) is 1.52. The molecule has 0 atom stereocenters. The van der Waals surface area contributed by atoms with E-state index in [-0.39, 0.29) is 11.8 Å². The lowest BCUT2D eigenvalue weighted by Crippen LogP contribution is -2.37. The molecule has 0 saturated carbocycles. The topological polar surface area (TPSA) is 75.6 Å². The van der Waals surface area contributed by atoms with Crippen molar-refractivity contribution in [3.05, 3.63) is 65.2 Å². The quantitative estimate of drug-likeness (QED) is 0.653. The number of fused-ring (bicyclic) bond motifs is 2. The van der Waals surface area contributed by atoms with Gasteiger partial charge >= 0.3 is 0 Å². The van der Waals surface area contributed by atoms with Crippen LogP contribution in [0.2, 0.25) is 0 Å². The number of carbonyl (C=O) groups is 1. The second-order valence-electron chi connectivity index (χ2n) is 6.63. The van der Waals surface area contributed by atoms with Crippen LogP contribution in [-0.4, -0.2) is 18.0 Å². The van der Waals surface area contributed by atoms with E-state index in [9.17, 15) is 4.79 Å². The van der Waals surface area contributed by atoms with Gasteiger partial charge in [-0.3, -0.25) is 4.79 Å². The van der Waals surface area contributed by atoms with E-state index in [2.05, 4.69) is 0 Å². The Balaban J connectivity index is 2.35. The Kier molecular flexibility index (Phi) is 4.51. The fourth-order valence-electron chi connectivity index (χ4n) is 3.25. The molecule has 0 spiro atoms. The van der Waals surface area contributed by atoms with Crippen LogP contribution in [0.15, 0.2) is 48.5 Å². The highest BCUT2D eigenvalue weighted by Gasteiger charge is 2.28. The van der Waals surface area contributed by atoms with E-state index in [1.165, 1.54) is 5.01 Å². The van der Waals surface area contributed by atoms with Crippen LogP contribution < -0.4 is 16.5 Å². The fraction of sp³-hybridized carbons (Fsp3) is 0.250. The van der Waals surface area contributed by atoms with Gasteiger partial charge in [-0.25, -0.2) is 5.84 Å². The van der Waals surface area contributed by atoms with Crippen molar-refractivity contribution in [3.8, 4) is 0 Å². The SMILES string of the molecule is CC(C)C(=O)N1Cc2ccccc2/C(N)=C(/N(C)N)c2ccccc21. The molecule has 4 N–H and O–H groups in total. The molecular weight excluding hydrogens is 312 g/mol. The van der Waals surface area contributed by atoms with E-state index in [4.69, 9.17) is 11.6 Å². The highest BCUT2D eigenvalue weighted by atomic mass is 16.2. The lowest BCUT2D eigenvalue weighted by Gasteiger charge is -2.32. The second-order valence-corrected chi connectivity index (χ2v) is 6.63. The van der Waals surface area contributed by atoms with Gasteiger partial charge in [0.25, 0.3) is 0 Å². The van der Waals surface area contributed by atoms with Crippen molar-refractivity contribution in [2.45, 2.75) is 20.4 Å². The number of nitrogens with zero attached hydrogens (tertiary/aromatic N) is 2. The Morgan fingerprint density at radius 3 is 2.32 bits per heavy atom. The molecule has 0 bridgehead atoms. The standard InChI is InChI=1S/C20H24N4O/c1-13(2)20(25)24-12-14-8-4-5-9-15(14)18(21)19(23(3)22)16-10-6-7-11-17(16)24/h4-11,13H,12,21-22H2,1-3H3/b19-18-. The zero-order valence-electron chi connectivity index (χ0n) is 14.9. The van der Waals surface area contributed by atoms with Crippen LogP contribution in [0.25, 0.3) is 11.4 Å². The molecule has 2 aromatic carbocycles. The molecule has 0 radical (unpaired) electrons. The van der Waals surface area contributed by atoms with E-state index in [0.717, 1.165) is 22.4 Å². The highest BCUT2D eigenvalue weighted by molar-refractivity contribution is 6.01. The molecule has 0 fully saturated rings. The number of anilines is 1. The Hall–Kier alpha value is -2.79. The third kappa shape index (κ3) is 2.98. The van der Waals surface area contributed by atoms with Gasteiger partial charge in [0.05, 0.1) is 23.6 Å². The summed E-state index contributed by atoms with van der Waals surface area (Å²) in [7, 11) is 1.76. The summed E-state index contributed by atoms with van der Waals surface area (Å²) in [4.78, 5) is 14.8. The first-order chi connectivity index (χ1) is 11.9. The molecular formula is C20H24N4O. The van der Waals surface area contributed by atoms with E-state index in [0.29, 0.717) is 17.9 Å². The lowest BCUT2D eigenvalue weighted by molar-refractivity contribution is -0.121. The van der Waals surface area contributed by atoms with Gasteiger partial charge < -0.3 is 15.6 Å². The summed E-state index contributed by atoms with van der Waals surface area (Å²) < 4.78 is 0. The number of hydrogen-bond acceptors (Lipinski definition) is 4. The maximum Gasteiger partial charge on any atom is 0.229 e. The zero-order chi connectivity index (χ0) is 18.1. The van der Waals surface area contributed by atoms with Crippen LogP contribution >= 0.6 is 0 Å². The van der Waals surface area contributed by atoms with E-state index < -0.39 is 0 Å². The average Bonchev–Trinajstić information content (AvgIpc) is 2.58. The molecule has 2 aromatic rings. The molecule has 5 nitrogen and oxygen atoms in total. The van der Waals surface area contributed by atoms with E-state index >= 15 is 0 Å². The molecule has 130 valence electrons. The number of nitrogens with two attached hydrogens (primary N) is 2. The third-order valence-electron chi connectivity index (χ3n) is 4.45. The monoisotopic (exact) mass is 336 g/mol. The van der Waals surface area contributed by atoms with Crippen molar-refractivity contribution < 1.29 is 4.79 Å². The van der Waals surface area contributed by atoms with Crippen molar-refractivity contribution in [3.63, 3.8) is 0 Å². The van der Waals surface area contributed by atoms with Gasteiger partial charge in [0.2, 0.25) is 5.91 Å². The predicted octanol–water partition coefficient (Wildman–Crippen LogP) is 2.78. The molecule has 0 saturated heterocycles. The van der Waals surface area contributed by atoms with Crippen molar-refractivity contribution in [2.24, 2.45) is 17.5 Å². The van der Waals surface area contributed by atoms with Crippen LogP contribution in [0.3, 0.4) is 0 Å². The van der Waals surface area contributed by atoms with Crippen LogP contribution in [-0.2, 0) is 11.3 Å². The van der Waals surface area contributed by atoms with Gasteiger partial charge in [0, 0.05) is 24.1 Å². The molecule has 25 heavy (non-hydrogen) atoms. The minimum absolute atomic E-state index is 0.0711. The highest BCUT2D eigenvalue weighted by Crippen LogP contribution is 2.36. The van der Waals surface area contributed by atoms with Gasteiger partial charge in [0.15, 0.2) is 0 Å². The Bertz CT molecular complexity index is 839.